The van der Waals surface area contributed by atoms with Gasteiger partial charge in [0.15, 0.2) is 6.61 Å². The van der Waals surface area contributed by atoms with E-state index in [1.165, 1.54) is 16.4 Å². The summed E-state index contributed by atoms with van der Waals surface area (Å²) in [4.78, 5) is 23.6. The molecule has 138 valence electrons. The molecule has 0 unspecified atom stereocenters. The summed E-state index contributed by atoms with van der Waals surface area (Å²) in [5.41, 5.74) is 0.691. The van der Waals surface area contributed by atoms with E-state index < -0.39 is 28.5 Å². The molecule has 2 rings (SSSR count). The second kappa shape index (κ2) is 8.44. The number of hydrogen-bond acceptors (Lipinski definition) is 5. The van der Waals surface area contributed by atoms with Crippen molar-refractivity contribution < 1.29 is 22.7 Å². The summed E-state index contributed by atoms with van der Waals surface area (Å²) < 4.78 is 32.1. The molecule has 1 aliphatic heterocycles. The van der Waals surface area contributed by atoms with E-state index in [-0.39, 0.29) is 10.5 Å². The number of nitrogens with one attached hydrogen (secondary N) is 1. The Bertz CT molecular complexity index is 739. The number of carbonyl (C=O) groups is 2. The van der Waals surface area contributed by atoms with Crippen LogP contribution >= 0.6 is 0 Å². The molecule has 1 aromatic rings. The van der Waals surface area contributed by atoms with Gasteiger partial charge < -0.3 is 10.1 Å². The number of hydrogen-bond donors (Lipinski definition) is 1. The molecular formula is C17H24N2O5S. The molecule has 7 nitrogen and oxygen atoms in total. The van der Waals surface area contributed by atoms with Gasteiger partial charge in [0.25, 0.3) is 5.91 Å². The van der Waals surface area contributed by atoms with Gasteiger partial charge in [0.1, 0.15) is 0 Å². The monoisotopic (exact) mass is 368 g/mol. The van der Waals surface area contributed by atoms with Gasteiger partial charge in [-0.2, -0.15) is 4.31 Å². The third kappa shape index (κ3) is 4.79. The number of esters is 1. The number of carbonyl (C=O) groups excluding carboxylic acids is 2. The normalized spacial score (nSPS) is 15.6. The summed E-state index contributed by atoms with van der Waals surface area (Å²) >= 11 is 0. The Morgan fingerprint density at radius 2 is 1.88 bits per heavy atom. The van der Waals surface area contributed by atoms with Crippen LogP contribution in [0.1, 0.15) is 42.1 Å². The number of amides is 1. The molecule has 1 aliphatic rings. The van der Waals surface area contributed by atoms with Crippen LogP contribution < -0.4 is 5.32 Å². The summed E-state index contributed by atoms with van der Waals surface area (Å²) in [5, 5.41) is 2.52. The molecule has 1 amide bonds. The van der Waals surface area contributed by atoms with E-state index in [1.54, 1.807) is 19.9 Å². The maximum atomic E-state index is 12.8. The quantitative estimate of drug-likeness (QED) is 0.768. The standard InChI is InChI=1S/C17H24N2O5S/c1-3-18-16(20)12-24-17(21)14-8-7-13(2)15(11-14)25(22,23)19-9-5-4-6-10-19/h7-8,11H,3-6,9-10,12H2,1-2H3,(H,18,20). The van der Waals surface area contributed by atoms with Gasteiger partial charge >= 0.3 is 5.97 Å². The second-order valence-corrected chi connectivity index (χ2v) is 7.88. The number of aryl methyl sites for hydroxylation is 1. The highest BCUT2D eigenvalue weighted by atomic mass is 32.2. The highest BCUT2D eigenvalue weighted by Gasteiger charge is 2.28. The van der Waals surface area contributed by atoms with Crippen molar-refractivity contribution in [2.75, 3.05) is 26.2 Å². The molecule has 0 atom stereocenters. The molecule has 0 bridgehead atoms. The molecule has 8 heteroatoms. The lowest BCUT2D eigenvalue weighted by Crippen LogP contribution is -2.36. The minimum absolute atomic E-state index is 0.113. The lowest BCUT2D eigenvalue weighted by atomic mass is 10.1. The molecular weight excluding hydrogens is 344 g/mol. The highest BCUT2D eigenvalue weighted by molar-refractivity contribution is 7.89. The van der Waals surface area contributed by atoms with Crippen molar-refractivity contribution in [3.8, 4) is 0 Å². The van der Waals surface area contributed by atoms with E-state index >= 15 is 0 Å². The first kappa shape index (κ1) is 19.4. The van der Waals surface area contributed by atoms with Crippen molar-refractivity contribution in [1.29, 1.82) is 0 Å². The van der Waals surface area contributed by atoms with Crippen LogP contribution in [0, 0.1) is 6.92 Å². The van der Waals surface area contributed by atoms with Crippen molar-refractivity contribution >= 4 is 21.9 Å². The Balaban J connectivity index is 2.19. The van der Waals surface area contributed by atoms with Gasteiger partial charge in [-0.3, -0.25) is 4.79 Å². The van der Waals surface area contributed by atoms with Crippen molar-refractivity contribution in [2.45, 2.75) is 38.0 Å². The lowest BCUT2D eigenvalue weighted by Gasteiger charge is -2.26. The predicted octanol–water partition coefficient (Wildman–Crippen LogP) is 1.46. The predicted molar refractivity (Wildman–Crippen MR) is 92.8 cm³/mol. The number of ether oxygens (including phenoxy) is 1. The van der Waals surface area contributed by atoms with Crippen LogP contribution in [0.25, 0.3) is 0 Å². The van der Waals surface area contributed by atoms with Gasteiger partial charge in [-0.05, 0) is 44.4 Å². The molecule has 0 radical (unpaired) electrons. The van der Waals surface area contributed by atoms with Crippen LogP contribution in [0.15, 0.2) is 23.1 Å². The van der Waals surface area contributed by atoms with E-state index in [1.807, 2.05) is 0 Å². The maximum absolute atomic E-state index is 12.8. The summed E-state index contributed by atoms with van der Waals surface area (Å²) in [6.45, 7) is 4.49. The minimum Gasteiger partial charge on any atom is -0.452 e. The van der Waals surface area contributed by atoms with Gasteiger partial charge in [0.05, 0.1) is 10.5 Å². The van der Waals surface area contributed by atoms with Crippen molar-refractivity contribution in [3.63, 3.8) is 0 Å². The number of benzene rings is 1. The average Bonchev–Trinajstić information content (AvgIpc) is 2.61. The molecule has 1 aromatic carbocycles. The first-order valence-corrected chi connectivity index (χ1v) is 9.85. The highest BCUT2D eigenvalue weighted by Crippen LogP contribution is 2.24. The SMILES string of the molecule is CCNC(=O)COC(=O)c1ccc(C)c(S(=O)(=O)N2CCCCC2)c1. The van der Waals surface area contributed by atoms with Crippen LogP contribution in [0.3, 0.4) is 0 Å². The van der Waals surface area contributed by atoms with Gasteiger partial charge in [-0.15, -0.1) is 0 Å². The number of sulfonamides is 1. The van der Waals surface area contributed by atoms with Crippen LogP contribution in [0.4, 0.5) is 0 Å². The third-order valence-electron chi connectivity index (χ3n) is 4.07. The second-order valence-electron chi connectivity index (χ2n) is 5.97. The number of nitrogens with zero attached hydrogens (tertiary/aromatic N) is 1. The van der Waals surface area contributed by atoms with E-state index in [0.717, 1.165) is 19.3 Å². The maximum Gasteiger partial charge on any atom is 0.338 e. The Morgan fingerprint density at radius 3 is 2.52 bits per heavy atom. The zero-order valence-electron chi connectivity index (χ0n) is 14.6. The van der Waals surface area contributed by atoms with Gasteiger partial charge in [0, 0.05) is 19.6 Å². The summed E-state index contributed by atoms with van der Waals surface area (Å²) in [7, 11) is -3.64. The summed E-state index contributed by atoms with van der Waals surface area (Å²) in [5.74, 6) is -1.12. The van der Waals surface area contributed by atoms with Crippen LogP contribution in [0.2, 0.25) is 0 Å². The first-order valence-electron chi connectivity index (χ1n) is 8.41. The number of likely N-dealkylation sites (N-methyl/N-ethyl adjacent to an activating group) is 1. The van der Waals surface area contributed by atoms with E-state index in [2.05, 4.69) is 5.32 Å². The molecule has 1 saturated heterocycles. The molecule has 1 fully saturated rings. The van der Waals surface area contributed by atoms with Crippen molar-refractivity contribution in [3.05, 3.63) is 29.3 Å². The minimum atomic E-state index is -3.64. The molecule has 1 heterocycles. The molecule has 0 saturated carbocycles. The third-order valence-corrected chi connectivity index (χ3v) is 6.11. The Morgan fingerprint density at radius 1 is 1.20 bits per heavy atom. The zero-order chi connectivity index (χ0) is 18.4. The number of piperidine rings is 1. The van der Waals surface area contributed by atoms with Crippen molar-refractivity contribution in [2.24, 2.45) is 0 Å². The molecule has 25 heavy (non-hydrogen) atoms. The molecule has 0 aromatic heterocycles. The largest absolute Gasteiger partial charge is 0.452 e. The van der Waals surface area contributed by atoms with Crippen LogP contribution in [0.5, 0.6) is 0 Å². The Kier molecular flexibility index (Phi) is 6.55. The van der Waals surface area contributed by atoms with Gasteiger partial charge in [0.2, 0.25) is 10.0 Å². The van der Waals surface area contributed by atoms with E-state index in [9.17, 15) is 18.0 Å². The molecule has 1 N–H and O–H groups in total. The van der Waals surface area contributed by atoms with Crippen molar-refractivity contribution in [1.82, 2.24) is 9.62 Å². The lowest BCUT2D eigenvalue weighted by molar-refractivity contribution is -0.124. The van der Waals surface area contributed by atoms with Crippen LogP contribution in [-0.4, -0.2) is 50.8 Å². The first-order chi connectivity index (χ1) is 11.9. The fourth-order valence-electron chi connectivity index (χ4n) is 2.71. The summed E-state index contributed by atoms with van der Waals surface area (Å²) in [6.07, 6.45) is 2.70. The van der Waals surface area contributed by atoms with Gasteiger partial charge in [-0.1, -0.05) is 12.5 Å². The summed E-state index contributed by atoms with van der Waals surface area (Å²) in [6, 6.07) is 4.42. The smallest absolute Gasteiger partial charge is 0.338 e. The number of rotatable bonds is 6. The molecule has 0 aliphatic carbocycles. The van der Waals surface area contributed by atoms with Crippen LogP contribution in [-0.2, 0) is 19.6 Å². The van der Waals surface area contributed by atoms with E-state index in [0.29, 0.717) is 25.2 Å². The van der Waals surface area contributed by atoms with Gasteiger partial charge in [-0.25, -0.2) is 13.2 Å². The fraction of sp³-hybridized carbons (Fsp3) is 0.529. The fourth-order valence-corrected chi connectivity index (χ4v) is 4.48. The van der Waals surface area contributed by atoms with E-state index in [4.69, 9.17) is 4.74 Å². The average molecular weight is 368 g/mol. The topological polar surface area (TPSA) is 92.8 Å². The zero-order valence-corrected chi connectivity index (χ0v) is 15.4. The Labute approximate surface area is 148 Å². The molecule has 0 spiro atoms. The Hall–Kier alpha value is -1.93.